The summed E-state index contributed by atoms with van der Waals surface area (Å²) in [5.74, 6) is -1.27. The Bertz CT molecular complexity index is 739. The molecule has 0 aliphatic carbocycles. The lowest BCUT2D eigenvalue weighted by Crippen LogP contribution is -2.03. The highest BCUT2D eigenvalue weighted by atomic mass is 35.5. The quantitative estimate of drug-likeness (QED) is 0.661. The van der Waals surface area contributed by atoms with Crippen LogP contribution in [0.25, 0.3) is 0 Å². The maximum atomic E-state index is 11.0. The van der Waals surface area contributed by atoms with Gasteiger partial charge >= 0.3 is 11.7 Å². The first-order valence-corrected chi connectivity index (χ1v) is 6.97. The van der Waals surface area contributed by atoms with Crippen LogP contribution in [0, 0.1) is 10.1 Å². The van der Waals surface area contributed by atoms with E-state index in [2.05, 4.69) is 4.98 Å². The van der Waals surface area contributed by atoms with E-state index in [0.717, 1.165) is 23.9 Å². The SMILES string of the molecule is O=C(O)c1ccc([N+](=O)[O-])c(Sc2cc(Cl)ccc2Cl)n1. The molecule has 9 heteroatoms. The number of pyridine rings is 1. The van der Waals surface area contributed by atoms with Crippen LogP contribution in [0.2, 0.25) is 10.0 Å². The molecule has 0 spiro atoms. The van der Waals surface area contributed by atoms with E-state index >= 15 is 0 Å². The molecule has 0 amide bonds. The van der Waals surface area contributed by atoms with E-state index in [0.29, 0.717) is 14.9 Å². The fourth-order valence-electron chi connectivity index (χ4n) is 1.43. The van der Waals surface area contributed by atoms with Gasteiger partial charge in [-0.25, -0.2) is 9.78 Å². The molecule has 2 aromatic rings. The summed E-state index contributed by atoms with van der Waals surface area (Å²) in [7, 11) is 0. The lowest BCUT2D eigenvalue weighted by atomic mass is 10.3. The molecular weight excluding hydrogens is 339 g/mol. The summed E-state index contributed by atoms with van der Waals surface area (Å²) in [6.45, 7) is 0. The molecule has 0 aliphatic rings. The summed E-state index contributed by atoms with van der Waals surface area (Å²) in [6.07, 6.45) is 0. The number of hydrogen-bond donors (Lipinski definition) is 1. The fourth-order valence-corrected chi connectivity index (χ4v) is 2.85. The predicted molar refractivity (Wildman–Crippen MR) is 78.4 cm³/mol. The van der Waals surface area contributed by atoms with Crippen LogP contribution in [-0.4, -0.2) is 21.0 Å². The van der Waals surface area contributed by atoms with Gasteiger partial charge in [0.05, 0.1) is 9.95 Å². The van der Waals surface area contributed by atoms with Crippen LogP contribution in [0.15, 0.2) is 40.3 Å². The third kappa shape index (κ3) is 3.63. The number of benzene rings is 1. The first kappa shape index (κ1) is 15.6. The topological polar surface area (TPSA) is 93.3 Å². The molecule has 0 bridgehead atoms. The van der Waals surface area contributed by atoms with Gasteiger partial charge in [0, 0.05) is 16.0 Å². The summed E-state index contributed by atoms with van der Waals surface area (Å²) >= 11 is 12.7. The van der Waals surface area contributed by atoms with Gasteiger partial charge in [-0.15, -0.1) is 0 Å². The Hall–Kier alpha value is -1.83. The largest absolute Gasteiger partial charge is 0.477 e. The van der Waals surface area contributed by atoms with Crippen molar-refractivity contribution in [3.05, 3.63) is 56.2 Å². The molecule has 0 aliphatic heterocycles. The molecule has 6 nitrogen and oxygen atoms in total. The van der Waals surface area contributed by atoms with Crippen LogP contribution in [-0.2, 0) is 0 Å². The number of aromatic nitrogens is 1. The van der Waals surface area contributed by atoms with Crippen molar-refractivity contribution in [3.63, 3.8) is 0 Å². The van der Waals surface area contributed by atoms with E-state index in [9.17, 15) is 14.9 Å². The molecule has 0 unspecified atom stereocenters. The van der Waals surface area contributed by atoms with Gasteiger partial charge in [-0.1, -0.05) is 35.0 Å². The van der Waals surface area contributed by atoms with Crippen molar-refractivity contribution in [1.29, 1.82) is 0 Å². The Kier molecular flexibility index (Phi) is 4.66. The molecule has 0 fully saturated rings. The van der Waals surface area contributed by atoms with E-state index in [1.807, 2.05) is 0 Å². The number of carboxylic acids is 1. The van der Waals surface area contributed by atoms with Crippen molar-refractivity contribution >= 4 is 46.6 Å². The molecule has 2 rings (SSSR count). The van der Waals surface area contributed by atoms with Crippen LogP contribution >= 0.6 is 35.0 Å². The van der Waals surface area contributed by atoms with Gasteiger partial charge in [-0.2, -0.15) is 0 Å². The molecule has 108 valence electrons. The lowest BCUT2D eigenvalue weighted by molar-refractivity contribution is -0.388. The molecule has 21 heavy (non-hydrogen) atoms. The molecular formula is C12H6Cl2N2O4S. The Morgan fingerprint density at radius 2 is 2.00 bits per heavy atom. The van der Waals surface area contributed by atoms with Gasteiger partial charge in [0.15, 0.2) is 5.03 Å². The number of nitrogens with zero attached hydrogens (tertiary/aromatic N) is 2. The van der Waals surface area contributed by atoms with Crippen molar-refractivity contribution in [3.8, 4) is 0 Å². The van der Waals surface area contributed by atoms with Crippen molar-refractivity contribution in [2.24, 2.45) is 0 Å². The van der Waals surface area contributed by atoms with Gasteiger partial charge < -0.3 is 5.11 Å². The second-order valence-electron chi connectivity index (χ2n) is 3.76. The minimum atomic E-state index is -1.27. The average Bonchev–Trinajstić information content (AvgIpc) is 2.42. The van der Waals surface area contributed by atoms with Crippen molar-refractivity contribution in [2.75, 3.05) is 0 Å². The molecule has 1 aromatic heterocycles. The number of rotatable bonds is 4. The van der Waals surface area contributed by atoms with E-state index in [1.54, 1.807) is 12.1 Å². The Morgan fingerprint density at radius 1 is 1.29 bits per heavy atom. The zero-order valence-corrected chi connectivity index (χ0v) is 12.4. The van der Waals surface area contributed by atoms with Crippen LogP contribution in [0.4, 0.5) is 5.69 Å². The monoisotopic (exact) mass is 344 g/mol. The maximum Gasteiger partial charge on any atom is 0.354 e. The number of halogens is 2. The van der Waals surface area contributed by atoms with Gasteiger partial charge in [-0.3, -0.25) is 10.1 Å². The second-order valence-corrected chi connectivity index (χ2v) is 5.63. The maximum absolute atomic E-state index is 11.0. The minimum absolute atomic E-state index is 0.0657. The highest BCUT2D eigenvalue weighted by Gasteiger charge is 2.20. The normalized spacial score (nSPS) is 10.4. The number of carbonyl (C=O) groups is 1. The Morgan fingerprint density at radius 3 is 2.62 bits per heavy atom. The van der Waals surface area contributed by atoms with Crippen molar-refractivity contribution in [1.82, 2.24) is 4.98 Å². The van der Waals surface area contributed by atoms with Gasteiger partial charge in [0.2, 0.25) is 0 Å². The summed E-state index contributed by atoms with van der Waals surface area (Å²) < 4.78 is 0. The Balaban J connectivity index is 2.50. The van der Waals surface area contributed by atoms with E-state index in [1.165, 1.54) is 6.07 Å². The first-order chi connectivity index (χ1) is 9.88. The van der Waals surface area contributed by atoms with Crippen LogP contribution < -0.4 is 0 Å². The summed E-state index contributed by atoms with van der Waals surface area (Å²) in [5.41, 5.74) is -0.595. The van der Waals surface area contributed by atoms with Crippen LogP contribution in [0.5, 0.6) is 0 Å². The smallest absolute Gasteiger partial charge is 0.354 e. The van der Waals surface area contributed by atoms with E-state index < -0.39 is 10.9 Å². The zero-order chi connectivity index (χ0) is 15.6. The van der Waals surface area contributed by atoms with Gasteiger partial charge in [0.1, 0.15) is 5.69 Å². The number of carboxylic acid groups (broad SMARTS) is 1. The number of nitro groups is 1. The highest BCUT2D eigenvalue weighted by molar-refractivity contribution is 7.99. The molecule has 1 heterocycles. The van der Waals surface area contributed by atoms with Crippen LogP contribution in [0.3, 0.4) is 0 Å². The third-order valence-corrected chi connectivity index (χ3v) is 4.08. The van der Waals surface area contributed by atoms with Crippen LogP contribution in [0.1, 0.15) is 10.5 Å². The van der Waals surface area contributed by atoms with Crippen molar-refractivity contribution in [2.45, 2.75) is 9.92 Å². The van der Waals surface area contributed by atoms with E-state index in [-0.39, 0.29) is 16.4 Å². The Labute approximate surface area is 132 Å². The molecule has 1 aromatic carbocycles. The second kappa shape index (κ2) is 6.30. The summed E-state index contributed by atoms with van der Waals surface area (Å²) in [6, 6.07) is 6.80. The highest BCUT2D eigenvalue weighted by Crippen LogP contribution is 2.38. The molecule has 0 saturated heterocycles. The predicted octanol–water partition coefficient (Wildman–Crippen LogP) is 4.15. The molecule has 0 atom stereocenters. The summed E-state index contributed by atoms with van der Waals surface area (Å²) in [5, 5.41) is 20.6. The van der Waals surface area contributed by atoms with E-state index in [4.69, 9.17) is 28.3 Å². The number of aromatic carboxylic acids is 1. The minimum Gasteiger partial charge on any atom is -0.477 e. The first-order valence-electron chi connectivity index (χ1n) is 5.40. The van der Waals surface area contributed by atoms with Gasteiger partial charge in [-0.05, 0) is 24.3 Å². The third-order valence-electron chi connectivity index (χ3n) is 2.36. The average molecular weight is 345 g/mol. The fraction of sp³-hybridized carbons (Fsp3) is 0. The molecule has 0 saturated carbocycles. The van der Waals surface area contributed by atoms with Crippen molar-refractivity contribution < 1.29 is 14.8 Å². The molecule has 1 N–H and O–H groups in total. The number of hydrogen-bond acceptors (Lipinski definition) is 5. The summed E-state index contributed by atoms with van der Waals surface area (Å²) in [4.78, 5) is 25.5. The zero-order valence-electron chi connectivity index (χ0n) is 10.1. The molecule has 0 radical (unpaired) electrons. The van der Waals surface area contributed by atoms with Gasteiger partial charge in [0.25, 0.3) is 0 Å². The lowest BCUT2D eigenvalue weighted by Gasteiger charge is -2.05. The standard InChI is InChI=1S/C12H6Cl2N2O4S/c13-6-1-2-7(14)10(5-6)21-11-9(16(19)20)4-3-8(15-11)12(17)18/h1-5H,(H,17,18).